The minimum absolute atomic E-state index is 0.135. The Morgan fingerprint density at radius 3 is 2.95 bits per heavy atom. The molecule has 0 fully saturated rings. The van der Waals surface area contributed by atoms with E-state index in [1.165, 1.54) is 18.1 Å². The van der Waals surface area contributed by atoms with Crippen molar-refractivity contribution in [1.82, 2.24) is 25.5 Å². The molecule has 7 nitrogen and oxygen atoms in total. The normalized spacial score (nSPS) is 10.6. The lowest BCUT2D eigenvalue weighted by atomic mass is 10.2. The number of nitrogens with one attached hydrogen (secondary N) is 3. The van der Waals surface area contributed by atoms with Crippen molar-refractivity contribution in [2.45, 2.75) is 5.03 Å². The Hall–Kier alpha value is -2.61. The van der Waals surface area contributed by atoms with E-state index >= 15 is 0 Å². The molecule has 2 aromatic heterocycles. The summed E-state index contributed by atoms with van der Waals surface area (Å²) in [5.74, 6) is 0.516. The van der Waals surface area contributed by atoms with E-state index in [9.17, 15) is 4.79 Å². The van der Waals surface area contributed by atoms with Crippen LogP contribution in [0.3, 0.4) is 0 Å². The third-order valence-corrected chi connectivity index (χ3v) is 3.81. The second-order valence-electron chi connectivity index (χ2n) is 4.46. The number of aromatic nitrogens is 4. The molecule has 0 aliphatic heterocycles. The molecular weight excluding hydrogens is 300 g/mol. The number of anilines is 2. The molecule has 22 heavy (non-hydrogen) atoms. The van der Waals surface area contributed by atoms with Crippen molar-refractivity contribution in [2.24, 2.45) is 0 Å². The Morgan fingerprint density at radius 2 is 2.18 bits per heavy atom. The number of hydrogen-bond donors (Lipinski definition) is 3. The Morgan fingerprint density at radius 1 is 1.32 bits per heavy atom. The highest BCUT2D eigenvalue weighted by molar-refractivity contribution is 7.98. The molecule has 0 saturated carbocycles. The molecular formula is C14H14N6OS. The molecule has 3 rings (SSSR count). The number of nitrogens with zero attached hydrogens (tertiary/aromatic N) is 3. The van der Waals surface area contributed by atoms with E-state index in [4.69, 9.17) is 0 Å². The van der Waals surface area contributed by atoms with Crippen LogP contribution in [0.15, 0.2) is 35.6 Å². The van der Waals surface area contributed by atoms with Gasteiger partial charge in [-0.15, -0.1) is 11.8 Å². The van der Waals surface area contributed by atoms with Crippen molar-refractivity contribution in [3.8, 4) is 0 Å². The van der Waals surface area contributed by atoms with Gasteiger partial charge in [0.1, 0.15) is 17.2 Å². The molecule has 0 aliphatic rings. The number of fused-ring (bicyclic) bond motifs is 1. The molecule has 8 heteroatoms. The zero-order valence-electron chi connectivity index (χ0n) is 12.0. The van der Waals surface area contributed by atoms with E-state index in [0.717, 1.165) is 16.1 Å². The molecule has 2 heterocycles. The van der Waals surface area contributed by atoms with Gasteiger partial charge >= 0.3 is 0 Å². The first-order valence-corrected chi connectivity index (χ1v) is 7.77. The quantitative estimate of drug-likeness (QED) is 0.639. The van der Waals surface area contributed by atoms with Crippen molar-refractivity contribution < 1.29 is 4.79 Å². The SMILES string of the molecule is CNC(=O)c1cccc(Nc2ncnc3[nH]nc(SC)c23)c1. The number of rotatable bonds is 4. The Labute approximate surface area is 130 Å². The van der Waals surface area contributed by atoms with Crippen LogP contribution in [-0.4, -0.2) is 39.4 Å². The summed E-state index contributed by atoms with van der Waals surface area (Å²) >= 11 is 1.51. The van der Waals surface area contributed by atoms with Gasteiger partial charge in [-0.3, -0.25) is 9.89 Å². The van der Waals surface area contributed by atoms with E-state index in [1.807, 2.05) is 18.4 Å². The number of amides is 1. The number of hydrogen-bond acceptors (Lipinski definition) is 6. The van der Waals surface area contributed by atoms with Crippen molar-refractivity contribution in [3.63, 3.8) is 0 Å². The summed E-state index contributed by atoms with van der Waals surface area (Å²) in [4.78, 5) is 20.2. The fraction of sp³-hybridized carbons (Fsp3) is 0.143. The highest BCUT2D eigenvalue weighted by Crippen LogP contribution is 2.29. The van der Waals surface area contributed by atoms with Gasteiger partial charge in [-0.05, 0) is 24.5 Å². The lowest BCUT2D eigenvalue weighted by Crippen LogP contribution is -2.17. The lowest BCUT2D eigenvalue weighted by molar-refractivity contribution is 0.0963. The predicted molar refractivity (Wildman–Crippen MR) is 86.6 cm³/mol. The van der Waals surface area contributed by atoms with Gasteiger partial charge in [0.2, 0.25) is 0 Å². The van der Waals surface area contributed by atoms with Crippen LogP contribution in [0.5, 0.6) is 0 Å². The van der Waals surface area contributed by atoms with Crippen LogP contribution in [0, 0.1) is 0 Å². The Kier molecular flexibility index (Phi) is 3.92. The fourth-order valence-electron chi connectivity index (χ4n) is 2.09. The molecule has 0 saturated heterocycles. The Balaban J connectivity index is 2.00. The summed E-state index contributed by atoms with van der Waals surface area (Å²) in [5, 5.41) is 14.6. The van der Waals surface area contributed by atoms with Gasteiger partial charge < -0.3 is 10.6 Å². The highest BCUT2D eigenvalue weighted by atomic mass is 32.2. The van der Waals surface area contributed by atoms with Crippen LogP contribution in [0.25, 0.3) is 11.0 Å². The van der Waals surface area contributed by atoms with Gasteiger partial charge in [0.15, 0.2) is 5.65 Å². The van der Waals surface area contributed by atoms with Crippen molar-refractivity contribution in [2.75, 3.05) is 18.6 Å². The Bertz CT molecular complexity index is 831. The largest absolute Gasteiger partial charge is 0.355 e. The van der Waals surface area contributed by atoms with Crippen LogP contribution >= 0.6 is 11.8 Å². The van der Waals surface area contributed by atoms with Gasteiger partial charge in [0.05, 0.1) is 5.39 Å². The first-order chi connectivity index (χ1) is 10.7. The number of thioether (sulfide) groups is 1. The fourth-order valence-corrected chi connectivity index (χ4v) is 2.63. The zero-order chi connectivity index (χ0) is 15.5. The number of carbonyl (C=O) groups is 1. The smallest absolute Gasteiger partial charge is 0.251 e. The van der Waals surface area contributed by atoms with Crippen molar-refractivity contribution >= 4 is 40.2 Å². The lowest BCUT2D eigenvalue weighted by Gasteiger charge is -2.08. The third kappa shape index (κ3) is 2.60. The van der Waals surface area contributed by atoms with E-state index < -0.39 is 0 Å². The maximum absolute atomic E-state index is 11.7. The summed E-state index contributed by atoms with van der Waals surface area (Å²) in [6, 6.07) is 7.21. The number of carbonyl (C=O) groups excluding carboxylic acids is 1. The first kappa shape index (κ1) is 14.3. The number of aromatic amines is 1. The summed E-state index contributed by atoms with van der Waals surface area (Å²) in [5.41, 5.74) is 2.02. The van der Waals surface area contributed by atoms with Crippen molar-refractivity contribution in [3.05, 3.63) is 36.2 Å². The average Bonchev–Trinajstić information content (AvgIpc) is 2.98. The molecule has 0 bridgehead atoms. The molecule has 3 N–H and O–H groups in total. The monoisotopic (exact) mass is 314 g/mol. The standard InChI is InChI=1S/C14H14N6OS/c1-15-13(21)8-4-3-5-9(6-8)18-11-10-12(17-7-16-11)19-20-14(10)22-2/h3-7H,1-2H3,(H,15,21)(H2,16,17,18,19,20). The van der Waals surface area contributed by atoms with Crippen LogP contribution in [-0.2, 0) is 0 Å². The third-order valence-electron chi connectivity index (χ3n) is 3.13. The summed E-state index contributed by atoms with van der Waals surface area (Å²) in [7, 11) is 1.60. The molecule has 0 spiro atoms. The molecule has 112 valence electrons. The van der Waals surface area contributed by atoms with Crippen molar-refractivity contribution in [1.29, 1.82) is 0 Å². The molecule has 1 aromatic carbocycles. The molecule has 1 amide bonds. The van der Waals surface area contributed by atoms with E-state index in [2.05, 4.69) is 30.8 Å². The van der Waals surface area contributed by atoms with Gasteiger partial charge in [-0.1, -0.05) is 6.07 Å². The average molecular weight is 314 g/mol. The molecule has 0 unspecified atom stereocenters. The van der Waals surface area contributed by atoms with Gasteiger partial charge in [-0.25, -0.2) is 9.97 Å². The van der Waals surface area contributed by atoms with Gasteiger partial charge in [0, 0.05) is 18.3 Å². The molecule has 0 aliphatic carbocycles. The second-order valence-corrected chi connectivity index (χ2v) is 5.26. The van der Waals surface area contributed by atoms with E-state index in [1.54, 1.807) is 19.2 Å². The highest BCUT2D eigenvalue weighted by Gasteiger charge is 2.12. The maximum Gasteiger partial charge on any atom is 0.251 e. The van der Waals surface area contributed by atoms with Gasteiger partial charge in [0.25, 0.3) is 5.91 Å². The topological polar surface area (TPSA) is 95.6 Å². The molecule has 0 radical (unpaired) electrons. The zero-order valence-corrected chi connectivity index (χ0v) is 12.9. The molecule has 3 aromatic rings. The molecule has 0 atom stereocenters. The van der Waals surface area contributed by atoms with Crippen LogP contribution in [0.4, 0.5) is 11.5 Å². The second kappa shape index (κ2) is 6.02. The van der Waals surface area contributed by atoms with Gasteiger partial charge in [-0.2, -0.15) is 5.10 Å². The number of H-pyrrole nitrogens is 1. The summed E-state index contributed by atoms with van der Waals surface area (Å²) in [6.45, 7) is 0. The minimum Gasteiger partial charge on any atom is -0.355 e. The number of benzene rings is 1. The maximum atomic E-state index is 11.7. The summed E-state index contributed by atoms with van der Waals surface area (Å²) in [6.07, 6.45) is 3.41. The van der Waals surface area contributed by atoms with Crippen LogP contribution < -0.4 is 10.6 Å². The first-order valence-electron chi connectivity index (χ1n) is 6.55. The van der Waals surface area contributed by atoms with Crippen LogP contribution in [0.2, 0.25) is 0 Å². The van der Waals surface area contributed by atoms with E-state index in [-0.39, 0.29) is 5.91 Å². The van der Waals surface area contributed by atoms with Crippen LogP contribution in [0.1, 0.15) is 10.4 Å². The predicted octanol–water partition coefficient (Wildman–Crippen LogP) is 2.18. The van der Waals surface area contributed by atoms with E-state index in [0.29, 0.717) is 17.0 Å². The summed E-state index contributed by atoms with van der Waals surface area (Å²) < 4.78 is 0. The minimum atomic E-state index is -0.135.